The monoisotopic (exact) mass is 212 g/mol. The highest BCUT2D eigenvalue weighted by Gasteiger charge is 2.14. The maximum atomic E-state index is 11.6. The summed E-state index contributed by atoms with van der Waals surface area (Å²) in [5, 5.41) is 17.7. The van der Waals surface area contributed by atoms with Crippen molar-refractivity contribution in [3.63, 3.8) is 0 Å². The van der Waals surface area contributed by atoms with Crippen LogP contribution in [-0.4, -0.2) is 35.1 Å². The van der Waals surface area contributed by atoms with Gasteiger partial charge >= 0.3 is 0 Å². The first-order valence-electron chi connectivity index (χ1n) is 5.36. The lowest BCUT2D eigenvalue weighted by molar-refractivity contribution is -0.131. The van der Waals surface area contributed by atoms with Crippen molar-refractivity contribution in [2.75, 3.05) is 13.1 Å². The molecular formula is C11H20N2O2. The van der Waals surface area contributed by atoms with Gasteiger partial charge in [0.25, 0.3) is 0 Å². The second-order valence-corrected chi connectivity index (χ2v) is 3.85. The van der Waals surface area contributed by atoms with Gasteiger partial charge in [0, 0.05) is 19.5 Å². The first-order chi connectivity index (χ1) is 7.01. The summed E-state index contributed by atoms with van der Waals surface area (Å²) in [7, 11) is 0. The van der Waals surface area contributed by atoms with Crippen LogP contribution in [0.3, 0.4) is 0 Å². The summed E-state index contributed by atoms with van der Waals surface area (Å²) in [6.45, 7) is 6.45. The summed E-state index contributed by atoms with van der Waals surface area (Å²) >= 11 is 0. The third-order valence-corrected chi connectivity index (χ3v) is 2.23. The Kier molecular flexibility index (Phi) is 6.72. The largest absolute Gasteiger partial charge is 0.393 e. The smallest absolute Gasteiger partial charge is 0.222 e. The fraction of sp³-hybridized carbons (Fsp3) is 0.818. The molecule has 0 bridgehead atoms. The van der Waals surface area contributed by atoms with Crippen LogP contribution < -0.4 is 0 Å². The van der Waals surface area contributed by atoms with E-state index in [0.717, 1.165) is 0 Å². The molecule has 4 heteroatoms. The van der Waals surface area contributed by atoms with E-state index < -0.39 is 6.10 Å². The second-order valence-electron chi connectivity index (χ2n) is 3.85. The molecule has 1 N–H and O–H groups in total. The number of aliphatic hydroxyl groups excluding tert-OH is 1. The van der Waals surface area contributed by atoms with E-state index >= 15 is 0 Å². The van der Waals surface area contributed by atoms with Gasteiger partial charge in [0.2, 0.25) is 5.91 Å². The molecule has 0 saturated heterocycles. The average molecular weight is 212 g/mol. The number of nitrogens with zero attached hydrogens (tertiary/aromatic N) is 2. The van der Waals surface area contributed by atoms with Crippen molar-refractivity contribution < 1.29 is 9.90 Å². The molecule has 86 valence electrons. The van der Waals surface area contributed by atoms with Crippen LogP contribution in [0.2, 0.25) is 0 Å². The number of hydrogen-bond acceptors (Lipinski definition) is 3. The number of hydrogen-bond donors (Lipinski definition) is 1. The maximum Gasteiger partial charge on any atom is 0.222 e. The van der Waals surface area contributed by atoms with E-state index in [1.807, 2.05) is 6.92 Å². The predicted octanol–water partition coefficient (Wildman–Crippen LogP) is 1.16. The van der Waals surface area contributed by atoms with Gasteiger partial charge < -0.3 is 10.0 Å². The molecule has 0 aliphatic rings. The molecule has 0 radical (unpaired) electrons. The van der Waals surface area contributed by atoms with Gasteiger partial charge in [0.05, 0.1) is 18.1 Å². The summed E-state index contributed by atoms with van der Waals surface area (Å²) < 4.78 is 0. The Morgan fingerprint density at radius 1 is 1.53 bits per heavy atom. The highest BCUT2D eigenvalue weighted by molar-refractivity contribution is 5.76. The highest BCUT2D eigenvalue weighted by Crippen LogP contribution is 2.04. The van der Waals surface area contributed by atoms with Gasteiger partial charge in [0.15, 0.2) is 0 Å². The minimum absolute atomic E-state index is 0.0144. The summed E-state index contributed by atoms with van der Waals surface area (Å²) in [6.07, 6.45) is 0.390. The quantitative estimate of drug-likeness (QED) is 0.718. The molecule has 2 atom stereocenters. The Hall–Kier alpha value is -1.08. The van der Waals surface area contributed by atoms with Crippen molar-refractivity contribution >= 4 is 5.91 Å². The number of amides is 1. The number of rotatable bonds is 6. The van der Waals surface area contributed by atoms with Crippen molar-refractivity contribution in [2.24, 2.45) is 5.92 Å². The normalized spacial score (nSPS) is 14.1. The Morgan fingerprint density at radius 2 is 2.13 bits per heavy atom. The number of aliphatic hydroxyl groups is 1. The molecule has 2 unspecified atom stereocenters. The molecule has 1 amide bonds. The Morgan fingerprint density at radius 3 is 2.53 bits per heavy atom. The Labute approximate surface area is 91.5 Å². The minimum atomic E-state index is -0.443. The molecule has 0 fully saturated rings. The molecule has 0 saturated carbocycles. The van der Waals surface area contributed by atoms with Gasteiger partial charge in [0.1, 0.15) is 0 Å². The molecule has 0 aromatic heterocycles. The Bertz CT molecular complexity index is 233. The fourth-order valence-corrected chi connectivity index (χ4v) is 1.27. The summed E-state index contributed by atoms with van der Waals surface area (Å²) in [5.74, 6) is -0.124. The third kappa shape index (κ3) is 6.08. The van der Waals surface area contributed by atoms with E-state index in [-0.39, 0.29) is 11.8 Å². The molecule has 0 aromatic rings. The van der Waals surface area contributed by atoms with Gasteiger partial charge in [-0.05, 0) is 27.2 Å². The zero-order chi connectivity index (χ0) is 11.8. The van der Waals surface area contributed by atoms with E-state index in [4.69, 9.17) is 10.4 Å². The van der Waals surface area contributed by atoms with Crippen molar-refractivity contribution in [3.8, 4) is 6.07 Å². The van der Waals surface area contributed by atoms with Crippen LogP contribution in [0.15, 0.2) is 0 Å². The molecule has 15 heavy (non-hydrogen) atoms. The van der Waals surface area contributed by atoms with E-state index in [1.165, 1.54) is 0 Å². The minimum Gasteiger partial charge on any atom is -0.393 e. The standard InChI is InChI=1S/C11H20N2O2/c1-4-13(8-9(2)7-12)11(15)6-5-10(3)14/h9-10,14H,4-6,8H2,1-3H3. The fourth-order valence-electron chi connectivity index (χ4n) is 1.27. The molecule has 4 nitrogen and oxygen atoms in total. The summed E-state index contributed by atoms with van der Waals surface area (Å²) in [6, 6.07) is 2.11. The molecule has 0 rings (SSSR count). The molecule has 0 aliphatic heterocycles. The van der Waals surface area contributed by atoms with Crippen LogP contribution in [0.25, 0.3) is 0 Å². The Balaban J connectivity index is 4.06. The van der Waals surface area contributed by atoms with Crippen LogP contribution in [0.5, 0.6) is 0 Å². The lowest BCUT2D eigenvalue weighted by atomic mass is 10.1. The summed E-state index contributed by atoms with van der Waals surface area (Å²) in [5.41, 5.74) is 0. The molecule has 0 heterocycles. The third-order valence-electron chi connectivity index (χ3n) is 2.23. The molecular weight excluding hydrogens is 192 g/mol. The molecule has 0 aromatic carbocycles. The number of nitriles is 1. The zero-order valence-electron chi connectivity index (χ0n) is 9.73. The van der Waals surface area contributed by atoms with Crippen LogP contribution in [0.4, 0.5) is 0 Å². The van der Waals surface area contributed by atoms with Gasteiger partial charge in [-0.3, -0.25) is 4.79 Å². The van der Waals surface area contributed by atoms with Gasteiger partial charge in [-0.1, -0.05) is 0 Å². The van der Waals surface area contributed by atoms with Crippen molar-refractivity contribution in [1.29, 1.82) is 5.26 Å². The SMILES string of the molecule is CCN(CC(C)C#N)C(=O)CCC(C)O. The van der Waals surface area contributed by atoms with E-state index in [2.05, 4.69) is 6.07 Å². The topological polar surface area (TPSA) is 64.3 Å². The van der Waals surface area contributed by atoms with E-state index in [1.54, 1.807) is 18.7 Å². The number of carbonyl (C=O) groups is 1. The summed E-state index contributed by atoms with van der Waals surface area (Å²) in [4.78, 5) is 13.3. The maximum absolute atomic E-state index is 11.6. The highest BCUT2D eigenvalue weighted by atomic mass is 16.3. The van der Waals surface area contributed by atoms with Crippen LogP contribution in [0, 0.1) is 17.2 Å². The first-order valence-corrected chi connectivity index (χ1v) is 5.36. The van der Waals surface area contributed by atoms with Gasteiger partial charge in [-0.25, -0.2) is 0 Å². The lowest BCUT2D eigenvalue weighted by Gasteiger charge is -2.22. The number of carbonyl (C=O) groups excluding carboxylic acids is 1. The van der Waals surface area contributed by atoms with E-state index in [0.29, 0.717) is 25.9 Å². The van der Waals surface area contributed by atoms with Crippen LogP contribution in [0.1, 0.15) is 33.6 Å². The average Bonchev–Trinajstić information content (AvgIpc) is 2.21. The lowest BCUT2D eigenvalue weighted by Crippen LogP contribution is -2.34. The predicted molar refractivity (Wildman–Crippen MR) is 57.9 cm³/mol. The molecule has 0 aliphatic carbocycles. The second kappa shape index (κ2) is 7.24. The van der Waals surface area contributed by atoms with Crippen molar-refractivity contribution in [3.05, 3.63) is 0 Å². The van der Waals surface area contributed by atoms with Crippen LogP contribution in [-0.2, 0) is 4.79 Å². The molecule has 0 spiro atoms. The van der Waals surface area contributed by atoms with E-state index in [9.17, 15) is 4.79 Å². The van der Waals surface area contributed by atoms with Gasteiger partial charge in [-0.15, -0.1) is 0 Å². The van der Waals surface area contributed by atoms with Crippen molar-refractivity contribution in [2.45, 2.75) is 39.7 Å². The van der Waals surface area contributed by atoms with Crippen molar-refractivity contribution in [1.82, 2.24) is 4.90 Å². The zero-order valence-corrected chi connectivity index (χ0v) is 9.73. The van der Waals surface area contributed by atoms with Gasteiger partial charge in [-0.2, -0.15) is 5.26 Å². The first kappa shape index (κ1) is 13.9. The van der Waals surface area contributed by atoms with Crippen LogP contribution >= 0.6 is 0 Å².